The van der Waals surface area contributed by atoms with Gasteiger partial charge in [0.2, 0.25) is 5.95 Å². The Morgan fingerprint density at radius 3 is 0.932 bits per heavy atom. The zero-order valence-electron chi connectivity index (χ0n) is 71.6. The highest BCUT2D eigenvalue weighted by Gasteiger charge is 2.31. The number of fused-ring (bicyclic) bond motifs is 20. The second-order valence-electron chi connectivity index (χ2n) is 34.3. The van der Waals surface area contributed by atoms with E-state index in [4.69, 9.17) is 19.9 Å². The summed E-state index contributed by atoms with van der Waals surface area (Å²) in [7, 11) is 0. The average molecular weight is 1680 g/mol. The number of aromatic nitrogens is 7. The summed E-state index contributed by atoms with van der Waals surface area (Å²) in [4.78, 5) is 23.0. The van der Waals surface area contributed by atoms with Crippen LogP contribution < -0.4 is 4.90 Å². The Balaban J connectivity index is 0.000000104. The van der Waals surface area contributed by atoms with Crippen LogP contribution in [0.5, 0.6) is 0 Å². The van der Waals surface area contributed by atoms with Crippen LogP contribution >= 0.6 is 0 Å². The number of nitrogens with zero attached hydrogens (tertiary/aromatic N) is 8. The SMILES string of the molecule is c1ccc(-c2nc(-n3cc4c5c(cccc53)-c3ccccc3-c3cc5ccccc5cc3-4)nc3ccccc23)cc1.c1ccc(-c2nc3ccccc3nc2-n2cc3c4c(cccc42)-c2ccccc2-c2cc4ccccc4cc2-3)cc1.c1ccc(N(c2ccccc2)c2ccc(-c3ccc(-n4cc5c6c(cccc64)-c4ccccc4-c4cc6ccccc6cc4-5)cc3)cc2)cc1. The van der Waals surface area contributed by atoms with Crippen molar-refractivity contribution < 1.29 is 0 Å². The van der Waals surface area contributed by atoms with Gasteiger partial charge in [-0.3, -0.25) is 9.13 Å². The minimum Gasteiger partial charge on any atom is -0.316 e. The molecule has 5 aromatic heterocycles. The van der Waals surface area contributed by atoms with Gasteiger partial charge in [-0.05, 0) is 248 Å². The van der Waals surface area contributed by atoms with Gasteiger partial charge in [0, 0.05) is 90.7 Å². The van der Waals surface area contributed by atoms with E-state index in [0.29, 0.717) is 5.95 Å². The Bertz CT molecular complexity index is 8900. The molecule has 28 rings (SSSR count). The Labute approximate surface area is 762 Å². The number of hydrogen-bond donors (Lipinski definition) is 0. The van der Waals surface area contributed by atoms with Gasteiger partial charge in [0.15, 0.2) is 5.82 Å². The fraction of sp³-hybridized carbons (Fsp3) is 0. The molecule has 0 radical (unpaired) electrons. The van der Waals surface area contributed by atoms with Crippen LogP contribution in [0.2, 0.25) is 0 Å². The second-order valence-corrected chi connectivity index (χ2v) is 34.3. The zero-order chi connectivity index (χ0) is 86.9. The molecule has 0 atom stereocenters. The first kappa shape index (κ1) is 75.6. The maximum Gasteiger partial charge on any atom is 0.235 e. The molecule has 3 aliphatic carbocycles. The van der Waals surface area contributed by atoms with Gasteiger partial charge in [0.05, 0.1) is 38.8 Å². The van der Waals surface area contributed by atoms with Gasteiger partial charge in [-0.25, -0.2) is 19.9 Å². The third-order valence-electron chi connectivity index (χ3n) is 26.9. The van der Waals surface area contributed by atoms with Gasteiger partial charge in [-0.1, -0.05) is 334 Å². The summed E-state index contributed by atoms with van der Waals surface area (Å²) in [6.45, 7) is 0. The van der Waals surface area contributed by atoms with E-state index in [1.54, 1.807) is 0 Å². The normalized spacial score (nSPS) is 11.8. The molecule has 0 aliphatic heterocycles. The molecule has 132 heavy (non-hydrogen) atoms. The molecule has 0 N–H and O–H groups in total. The molecule has 0 unspecified atom stereocenters. The van der Waals surface area contributed by atoms with Crippen molar-refractivity contribution in [1.29, 1.82) is 0 Å². The number of benzene rings is 20. The maximum atomic E-state index is 5.24. The lowest BCUT2D eigenvalue weighted by atomic mass is 9.91. The molecule has 8 nitrogen and oxygen atoms in total. The number of anilines is 3. The molecule has 20 aromatic carbocycles. The van der Waals surface area contributed by atoms with Crippen molar-refractivity contribution in [1.82, 2.24) is 33.6 Å². The van der Waals surface area contributed by atoms with E-state index in [9.17, 15) is 0 Å². The first-order valence-electron chi connectivity index (χ1n) is 45.0. The van der Waals surface area contributed by atoms with E-state index < -0.39 is 0 Å². The average Bonchev–Trinajstić information content (AvgIpc) is 1.58. The minimum atomic E-state index is 0.673. The summed E-state index contributed by atoms with van der Waals surface area (Å²) < 4.78 is 6.80. The lowest BCUT2D eigenvalue weighted by Crippen LogP contribution is -2.09. The fourth-order valence-corrected chi connectivity index (χ4v) is 20.8. The number of para-hydroxylation sites is 5. The summed E-state index contributed by atoms with van der Waals surface area (Å²) in [5.41, 5.74) is 39.5. The van der Waals surface area contributed by atoms with E-state index in [2.05, 4.69) is 450 Å². The van der Waals surface area contributed by atoms with Gasteiger partial charge >= 0.3 is 0 Å². The van der Waals surface area contributed by atoms with Crippen molar-refractivity contribution in [3.8, 4) is 151 Å². The highest BCUT2D eigenvalue weighted by molar-refractivity contribution is 6.19. The van der Waals surface area contributed by atoms with Gasteiger partial charge in [-0.2, -0.15) is 0 Å². The first-order chi connectivity index (χ1) is 65.5. The van der Waals surface area contributed by atoms with E-state index in [-0.39, 0.29) is 0 Å². The summed E-state index contributed by atoms with van der Waals surface area (Å²) in [5, 5.41) is 12.3. The quantitative estimate of drug-likeness (QED) is 0.144. The van der Waals surface area contributed by atoms with E-state index in [1.165, 1.54) is 165 Å². The Morgan fingerprint density at radius 1 is 0.182 bits per heavy atom. The largest absolute Gasteiger partial charge is 0.316 e. The van der Waals surface area contributed by atoms with E-state index in [0.717, 1.165) is 84.1 Å². The van der Waals surface area contributed by atoms with Gasteiger partial charge in [0.25, 0.3) is 0 Å². The predicted molar refractivity (Wildman–Crippen MR) is 549 cm³/mol. The zero-order valence-corrected chi connectivity index (χ0v) is 71.6. The molecule has 0 spiro atoms. The van der Waals surface area contributed by atoms with Crippen LogP contribution in [0, 0.1) is 0 Å². The monoisotopic (exact) mass is 1680 g/mol. The van der Waals surface area contributed by atoms with Crippen LogP contribution in [0.1, 0.15) is 0 Å². The van der Waals surface area contributed by atoms with Crippen LogP contribution in [-0.4, -0.2) is 33.6 Å². The summed E-state index contributed by atoms with van der Waals surface area (Å²) in [6.07, 6.45) is 6.87. The highest BCUT2D eigenvalue weighted by atomic mass is 15.2. The summed E-state index contributed by atoms with van der Waals surface area (Å²) in [6, 6.07) is 163. The standard InChI is InChI=1S/C48H32N2.2C38H23N3/c1-3-14-38(15-4-1)50(39-16-5-2-6-17-39)40-28-24-34(25-29-40)33-22-26-37(27-23-33)49-32-46-45-31-36-13-8-7-12-35(36)30-44(45)42-19-10-9-18-41(42)43-20-11-21-47(49)48(43)46;1-2-11-24(12-3-1)37-38(40-34-19-9-8-18-33(34)39-37)41-23-32-31-22-26-14-5-4-13-25(26)21-30(31)28-16-7-6-15-27(28)29-17-10-20-35(41)36(29)32;1-2-11-24(12-3-1)37-30-17-8-9-19-34(30)39-38(40-37)41-23-33-32-22-26-14-5-4-13-25(26)21-31(32)28-16-7-6-15-27(28)29-18-10-20-35(41)36(29)33/h1-32H;2*1-23H. The number of hydrogen-bond acceptors (Lipinski definition) is 5. The summed E-state index contributed by atoms with van der Waals surface area (Å²) >= 11 is 0. The van der Waals surface area contributed by atoms with Crippen molar-refractivity contribution in [2.24, 2.45) is 0 Å². The highest BCUT2D eigenvalue weighted by Crippen LogP contribution is 2.55. The molecule has 3 aliphatic rings. The molecule has 5 heterocycles. The molecule has 8 heteroatoms. The third kappa shape index (κ3) is 12.6. The van der Waals surface area contributed by atoms with Crippen LogP contribution in [0.15, 0.2) is 474 Å². The molecule has 0 amide bonds. The Kier molecular flexibility index (Phi) is 17.8. The smallest absolute Gasteiger partial charge is 0.235 e. The predicted octanol–water partition coefficient (Wildman–Crippen LogP) is 32.7. The molecule has 0 bridgehead atoms. The van der Waals surface area contributed by atoms with Gasteiger partial charge in [-0.15, -0.1) is 0 Å². The second kappa shape index (κ2) is 31.1. The molecular weight excluding hydrogens is 1600 g/mol. The third-order valence-corrected chi connectivity index (χ3v) is 26.9. The lowest BCUT2D eigenvalue weighted by molar-refractivity contribution is 0.985. The fourth-order valence-electron chi connectivity index (χ4n) is 20.8. The molecule has 614 valence electrons. The topological polar surface area (TPSA) is 69.6 Å². The van der Waals surface area contributed by atoms with Crippen molar-refractivity contribution in [2.75, 3.05) is 4.90 Å². The molecule has 0 saturated heterocycles. The molecule has 25 aromatic rings. The van der Waals surface area contributed by atoms with Crippen molar-refractivity contribution in [3.05, 3.63) is 474 Å². The number of rotatable bonds is 9. The van der Waals surface area contributed by atoms with Crippen molar-refractivity contribution >= 4 is 104 Å². The maximum absolute atomic E-state index is 5.24. The molecule has 0 saturated carbocycles. The minimum absolute atomic E-state index is 0.673. The van der Waals surface area contributed by atoms with Crippen LogP contribution in [0.25, 0.3) is 238 Å². The van der Waals surface area contributed by atoms with Crippen LogP contribution in [0.4, 0.5) is 17.1 Å². The molecule has 0 fully saturated rings. The van der Waals surface area contributed by atoms with Crippen molar-refractivity contribution in [3.63, 3.8) is 0 Å². The van der Waals surface area contributed by atoms with Crippen LogP contribution in [-0.2, 0) is 0 Å². The van der Waals surface area contributed by atoms with Gasteiger partial charge in [0.1, 0.15) is 5.69 Å². The summed E-state index contributed by atoms with van der Waals surface area (Å²) in [5.74, 6) is 1.51. The Hall–Kier alpha value is -17.7. The van der Waals surface area contributed by atoms with Crippen LogP contribution in [0.3, 0.4) is 0 Å². The Morgan fingerprint density at radius 2 is 0.492 bits per heavy atom. The van der Waals surface area contributed by atoms with E-state index >= 15 is 0 Å². The first-order valence-corrected chi connectivity index (χ1v) is 45.0. The van der Waals surface area contributed by atoms with E-state index in [1.807, 2.05) is 42.5 Å². The lowest BCUT2D eigenvalue weighted by Gasteiger charge is -2.25. The van der Waals surface area contributed by atoms with Crippen molar-refractivity contribution in [2.45, 2.75) is 0 Å². The van der Waals surface area contributed by atoms with Gasteiger partial charge < -0.3 is 9.47 Å². The molecular formula is C124H78N8.